The molecule has 36 heavy (non-hydrogen) atoms. The van der Waals surface area contributed by atoms with Gasteiger partial charge in [-0.2, -0.15) is 28.4 Å². The fraction of sp³-hybridized carbons (Fsp3) is 0.304. The normalized spacial score (nSPS) is 17.6. The van der Waals surface area contributed by atoms with Gasteiger partial charge in [-0.15, -0.1) is 0 Å². The molecule has 2 atom stereocenters. The minimum absolute atomic E-state index is 0.0217. The van der Waals surface area contributed by atoms with Crippen molar-refractivity contribution in [1.82, 2.24) is 39.3 Å². The lowest BCUT2D eigenvalue weighted by Gasteiger charge is -2.11. The maximum absolute atomic E-state index is 13.0. The largest absolute Gasteiger partial charge is 0.480 e. The summed E-state index contributed by atoms with van der Waals surface area (Å²) in [4.78, 5) is 17.4. The van der Waals surface area contributed by atoms with E-state index in [1.807, 2.05) is 6.07 Å². The summed E-state index contributed by atoms with van der Waals surface area (Å²) in [5.41, 5.74) is 3.94. The number of methoxy groups -OCH3 is 2. The van der Waals surface area contributed by atoms with E-state index in [2.05, 4.69) is 30.1 Å². The summed E-state index contributed by atoms with van der Waals surface area (Å²) in [5, 5.41) is 9.09. The lowest BCUT2D eigenvalue weighted by Crippen LogP contribution is -2.18. The number of rotatable bonds is 6. The van der Waals surface area contributed by atoms with Crippen LogP contribution in [-0.2, 0) is 6.54 Å². The van der Waals surface area contributed by atoms with Crippen LogP contribution >= 0.6 is 0 Å². The van der Waals surface area contributed by atoms with Gasteiger partial charge in [-0.05, 0) is 24.5 Å². The molecule has 0 aromatic carbocycles. The number of hydrogen-bond donors (Lipinski definition) is 0. The van der Waals surface area contributed by atoms with E-state index in [4.69, 9.17) is 9.47 Å². The predicted molar refractivity (Wildman–Crippen MR) is 121 cm³/mol. The molecule has 0 aliphatic heterocycles. The molecule has 0 saturated heterocycles. The average Bonchev–Trinajstić information content (AvgIpc) is 3.35. The molecule has 5 heterocycles. The standard InChI is InChI=1S/C23H19F3N8O2/c1-35-21-16(10-29-22(31-21)36-2)18-6-15(20-27-3-4-33(20)32-18)13-5-14(13)17-7-19-12(8-28-17)9-30-34(19)11-23(24,25)26/h3-4,6-10,13-14H,5,11H2,1-2H3/t13-,14-/m0/s1. The topological polar surface area (TPSA) is 105 Å². The molecule has 0 spiro atoms. The maximum Gasteiger partial charge on any atom is 0.408 e. The van der Waals surface area contributed by atoms with Crippen molar-refractivity contribution in [2.45, 2.75) is 31.0 Å². The molecule has 1 aliphatic carbocycles. The van der Waals surface area contributed by atoms with Crippen molar-refractivity contribution >= 4 is 16.6 Å². The summed E-state index contributed by atoms with van der Waals surface area (Å²) in [6, 6.07) is 3.80. The van der Waals surface area contributed by atoms with Crippen molar-refractivity contribution in [2.24, 2.45) is 0 Å². The smallest absolute Gasteiger partial charge is 0.408 e. The van der Waals surface area contributed by atoms with Crippen LogP contribution in [0.15, 0.2) is 43.1 Å². The second kappa shape index (κ2) is 8.14. The molecule has 0 unspecified atom stereocenters. The highest BCUT2D eigenvalue weighted by Crippen LogP contribution is 2.55. The van der Waals surface area contributed by atoms with E-state index in [9.17, 15) is 13.2 Å². The lowest BCUT2D eigenvalue weighted by molar-refractivity contribution is -0.141. The number of aromatic nitrogens is 8. The first-order chi connectivity index (χ1) is 17.3. The summed E-state index contributed by atoms with van der Waals surface area (Å²) < 4.78 is 52.1. The van der Waals surface area contributed by atoms with Crippen LogP contribution in [0.4, 0.5) is 13.2 Å². The van der Waals surface area contributed by atoms with Crippen molar-refractivity contribution in [2.75, 3.05) is 14.2 Å². The van der Waals surface area contributed by atoms with E-state index in [1.165, 1.54) is 20.4 Å². The molecular weight excluding hydrogens is 477 g/mol. The number of nitrogens with zero attached hydrogens (tertiary/aromatic N) is 8. The summed E-state index contributed by atoms with van der Waals surface area (Å²) in [6.45, 7) is -1.15. The van der Waals surface area contributed by atoms with Gasteiger partial charge in [0.25, 0.3) is 0 Å². The third-order valence-electron chi connectivity index (χ3n) is 6.22. The maximum atomic E-state index is 13.0. The first kappa shape index (κ1) is 22.2. The van der Waals surface area contributed by atoms with Gasteiger partial charge in [0.15, 0.2) is 5.65 Å². The summed E-state index contributed by atoms with van der Waals surface area (Å²) in [7, 11) is 2.97. The average molecular weight is 496 g/mol. The van der Waals surface area contributed by atoms with Gasteiger partial charge in [0.2, 0.25) is 5.88 Å². The van der Waals surface area contributed by atoms with Crippen molar-refractivity contribution in [3.63, 3.8) is 0 Å². The first-order valence-corrected chi connectivity index (χ1v) is 11.0. The van der Waals surface area contributed by atoms with Gasteiger partial charge >= 0.3 is 12.2 Å². The van der Waals surface area contributed by atoms with Crippen molar-refractivity contribution in [3.8, 4) is 23.1 Å². The fourth-order valence-corrected chi connectivity index (χ4v) is 4.48. The summed E-state index contributed by atoms with van der Waals surface area (Å²) >= 11 is 0. The third kappa shape index (κ3) is 3.85. The zero-order chi connectivity index (χ0) is 25.0. The van der Waals surface area contributed by atoms with Crippen LogP contribution < -0.4 is 9.47 Å². The van der Waals surface area contributed by atoms with E-state index in [1.54, 1.807) is 35.4 Å². The highest BCUT2D eigenvalue weighted by atomic mass is 19.4. The number of imidazole rings is 1. The number of ether oxygens (including phenoxy) is 2. The Balaban J connectivity index is 1.37. The van der Waals surface area contributed by atoms with Gasteiger partial charge in [0.05, 0.1) is 37.2 Å². The molecule has 184 valence electrons. The van der Waals surface area contributed by atoms with E-state index in [0.717, 1.165) is 16.7 Å². The molecule has 0 bridgehead atoms. The molecular formula is C23H19F3N8O2. The van der Waals surface area contributed by atoms with E-state index in [-0.39, 0.29) is 17.8 Å². The number of halogens is 3. The van der Waals surface area contributed by atoms with Gasteiger partial charge in [0, 0.05) is 47.3 Å². The van der Waals surface area contributed by atoms with Crippen LogP contribution in [-0.4, -0.2) is 59.7 Å². The second-order valence-corrected chi connectivity index (χ2v) is 8.49. The Morgan fingerprint density at radius 1 is 1.03 bits per heavy atom. The van der Waals surface area contributed by atoms with Crippen LogP contribution in [0.1, 0.15) is 29.5 Å². The Kier molecular flexibility index (Phi) is 5.02. The Bertz CT molecular complexity index is 1600. The highest BCUT2D eigenvalue weighted by Gasteiger charge is 2.43. The molecule has 1 saturated carbocycles. The fourth-order valence-electron chi connectivity index (χ4n) is 4.48. The molecule has 10 nitrogen and oxygen atoms in total. The molecule has 0 N–H and O–H groups in total. The number of alkyl halides is 3. The van der Waals surface area contributed by atoms with Crippen LogP contribution in [0.25, 0.3) is 27.8 Å². The molecule has 13 heteroatoms. The molecule has 1 aliphatic rings. The van der Waals surface area contributed by atoms with Crippen LogP contribution in [0.2, 0.25) is 0 Å². The van der Waals surface area contributed by atoms with Gasteiger partial charge in [-0.1, -0.05) is 0 Å². The van der Waals surface area contributed by atoms with Gasteiger partial charge in [-0.3, -0.25) is 9.67 Å². The summed E-state index contributed by atoms with van der Waals surface area (Å²) in [6.07, 6.45) is 4.37. The van der Waals surface area contributed by atoms with Gasteiger partial charge in [-0.25, -0.2) is 14.5 Å². The van der Waals surface area contributed by atoms with Gasteiger partial charge in [0.1, 0.15) is 6.54 Å². The molecule has 1 fully saturated rings. The van der Waals surface area contributed by atoms with E-state index >= 15 is 0 Å². The van der Waals surface area contributed by atoms with E-state index in [0.29, 0.717) is 39.4 Å². The molecule has 5 aromatic heterocycles. The van der Waals surface area contributed by atoms with Crippen LogP contribution in [0, 0.1) is 0 Å². The zero-order valence-electron chi connectivity index (χ0n) is 19.1. The molecule has 0 amide bonds. The third-order valence-corrected chi connectivity index (χ3v) is 6.22. The number of fused-ring (bicyclic) bond motifs is 2. The van der Waals surface area contributed by atoms with Gasteiger partial charge < -0.3 is 9.47 Å². The first-order valence-electron chi connectivity index (χ1n) is 11.0. The van der Waals surface area contributed by atoms with E-state index < -0.39 is 12.7 Å². The molecule has 0 radical (unpaired) electrons. The van der Waals surface area contributed by atoms with Crippen molar-refractivity contribution in [3.05, 3.63) is 54.4 Å². The minimum atomic E-state index is -4.36. The Labute approximate surface area is 201 Å². The van der Waals surface area contributed by atoms with Crippen LogP contribution in [0.3, 0.4) is 0 Å². The quantitative estimate of drug-likeness (QED) is 0.350. The zero-order valence-corrected chi connectivity index (χ0v) is 19.1. The molecule has 6 rings (SSSR count). The highest BCUT2D eigenvalue weighted by molar-refractivity contribution is 5.78. The van der Waals surface area contributed by atoms with Crippen molar-refractivity contribution < 1.29 is 22.6 Å². The monoisotopic (exact) mass is 496 g/mol. The van der Waals surface area contributed by atoms with Crippen molar-refractivity contribution in [1.29, 1.82) is 0 Å². The molecule has 5 aromatic rings. The number of hydrogen-bond acceptors (Lipinski definition) is 8. The summed E-state index contributed by atoms with van der Waals surface area (Å²) in [5.74, 6) is 0.399. The number of pyridine rings is 1. The Hall–Kier alpha value is -4.29. The Morgan fingerprint density at radius 2 is 1.89 bits per heavy atom. The SMILES string of the molecule is COc1ncc(-c2cc([C@H]3C[C@@H]3c3cc4c(cn3)cnn4CC(F)(F)F)c3nccn3n2)c(OC)n1. The lowest BCUT2D eigenvalue weighted by atomic mass is 10.1. The predicted octanol–water partition coefficient (Wildman–Crippen LogP) is 3.78. The Morgan fingerprint density at radius 3 is 2.67 bits per heavy atom. The minimum Gasteiger partial charge on any atom is -0.480 e. The van der Waals surface area contributed by atoms with Crippen LogP contribution in [0.5, 0.6) is 11.9 Å². The second-order valence-electron chi connectivity index (χ2n) is 8.49.